The third-order valence-corrected chi connectivity index (χ3v) is 16.1. The van der Waals surface area contributed by atoms with Gasteiger partial charge in [0.2, 0.25) is 0 Å². The molecule has 0 fully saturated rings. The highest BCUT2D eigenvalue weighted by Gasteiger charge is 2.47. The fourth-order valence-corrected chi connectivity index (χ4v) is 12.8. The summed E-state index contributed by atoms with van der Waals surface area (Å²) in [7, 11) is 0. The first-order chi connectivity index (χ1) is 38.2. The molecule has 0 saturated heterocycles. The molecular weight excluding hydrogens is 931 g/mol. The van der Waals surface area contributed by atoms with Gasteiger partial charge in [-0.05, 0) is 160 Å². The van der Waals surface area contributed by atoms with E-state index >= 15 is 0 Å². The van der Waals surface area contributed by atoms with Crippen molar-refractivity contribution < 1.29 is 4.42 Å². The van der Waals surface area contributed by atoms with E-state index in [9.17, 15) is 0 Å². The summed E-state index contributed by atoms with van der Waals surface area (Å²) in [5, 5.41) is 7.19. The van der Waals surface area contributed by atoms with Crippen molar-refractivity contribution in [3.8, 4) is 55.6 Å². The lowest BCUT2D eigenvalue weighted by Crippen LogP contribution is -2.28. The molecule has 0 amide bonds. The van der Waals surface area contributed by atoms with Gasteiger partial charge in [0.15, 0.2) is 0 Å². The predicted molar refractivity (Wildman–Crippen MR) is 322 cm³/mol. The minimum Gasteiger partial charge on any atom is -0.456 e. The number of furan rings is 1. The van der Waals surface area contributed by atoms with Gasteiger partial charge in [0.1, 0.15) is 11.2 Å². The number of rotatable bonds is 9. The van der Waals surface area contributed by atoms with Crippen LogP contribution in [0.25, 0.3) is 99.1 Å². The van der Waals surface area contributed by atoms with Crippen LogP contribution < -0.4 is 4.90 Å². The van der Waals surface area contributed by atoms with Gasteiger partial charge in [-0.3, -0.25) is 0 Å². The van der Waals surface area contributed by atoms with E-state index in [4.69, 9.17) is 4.42 Å². The monoisotopic (exact) mass is 979 g/mol. The molecule has 1 aliphatic carbocycles. The van der Waals surface area contributed by atoms with Gasteiger partial charge in [-0.1, -0.05) is 237 Å². The number of benzene rings is 13. The zero-order valence-corrected chi connectivity index (χ0v) is 42.1. The number of para-hydroxylation sites is 1. The van der Waals surface area contributed by atoms with Gasteiger partial charge >= 0.3 is 0 Å². The quantitative estimate of drug-likeness (QED) is 0.143. The Labute approximate surface area is 448 Å². The maximum Gasteiger partial charge on any atom is 0.136 e. The minimum atomic E-state index is -0.616. The first kappa shape index (κ1) is 44.5. The zero-order valence-electron chi connectivity index (χ0n) is 42.1. The van der Waals surface area contributed by atoms with E-state index in [0.717, 1.165) is 61.3 Å². The molecule has 0 aliphatic heterocycles. The number of fused-ring (bicyclic) bond motifs is 8. The van der Waals surface area contributed by atoms with Gasteiger partial charge in [0, 0.05) is 27.8 Å². The van der Waals surface area contributed by atoms with E-state index in [-0.39, 0.29) is 0 Å². The molecule has 2 nitrogen and oxygen atoms in total. The maximum absolute atomic E-state index is 6.57. The van der Waals surface area contributed by atoms with Crippen LogP contribution >= 0.6 is 0 Å². The zero-order chi connectivity index (χ0) is 50.9. The second-order valence-corrected chi connectivity index (χ2v) is 20.3. The Morgan fingerprint density at radius 3 is 1.61 bits per heavy atom. The molecule has 2 heteroatoms. The Morgan fingerprint density at radius 2 is 0.792 bits per heavy atom. The number of anilines is 3. The van der Waals surface area contributed by atoms with Crippen molar-refractivity contribution in [2.75, 3.05) is 4.90 Å². The van der Waals surface area contributed by atoms with Crippen molar-refractivity contribution in [2.45, 2.75) is 5.41 Å². The lowest BCUT2D eigenvalue weighted by Gasteiger charge is -2.35. The van der Waals surface area contributed by atoms with Crippen molar-refractivity contribution in [3.05, 3.63) is 320 Å². The summed E-state index contributed by atoms with van der Waals surface area (Å²) >= 11 is 0. The summed E-state index contributed by atoms with van der Waals surface area (Å²) < 4.78 is 6.57. The highest BCUT2D eigenvalue weighted by Crippen LogP contribution is 2.59. The van der Waals surface area contributed by atoms with E-state index in [1.165, 1.54) is 77.2 Å². The number of hydrogen-bond donors (Lipinski definition) is 0. The molecule has 0 spiro atoms. The number of hydrogen-bond acceptors (Lipinski definition) is 2. The summed E-state index contributed by atoms with van der Waals surface area (Å²) in [5.41, 5.74) is 21.3. The summed E-state index contributed by atoms with van der Waals surface area (Å²) in [6.45, 7) is 0. The second kappa shape index (κ2) is 18.1. The average Bonchev–Trinajstić information content (AvgIpc) is 4.19. The standard InChI is InChI=1S/C75H49NO/c1-3-27-56(28-4-1)75(69-41-12-11-36-67(69)73-66(40-18-42-70(73)75)65-39-16-23-51-21-8-10-35-62(51)65)57-29-17-33-60(49-57)76(58-30-5-2-6-31-58)59-32-14-25-53(47-59)52-24-13-26-54(46-52)64-38-19-43-72-74(64)68-48-55(44-45-71(68)77-72)63-37-15-22-50-20-7-9-34-61(50)63/h1-49H. The van der Waals surface area contributed by atoms with E-state index < -0.39 is 5.41 Å². The Balaban J connectivity index is 0.864. The highest BCUT2D eigenvalue weighted by atomic mass is 16.3. The molecule has 1 unspecified atom stereocenters. The maximum atomic E-state index is 6.57. The molecule has 360 valence electrons. The van der Waals surface area contributed by atoms with Gasteiger partial charge in [-0.2, -0.15) is 0 Å². The first-order valence-corrected chi connectivity index (χ1v) is 26.6. The molecule has 1 aliphatic rings. The average molecular weight is 980 g/mol. The molecule has 0 bridgehead atoms. The molecule has 1 atom stereocenters. The van der Waals surface area contributed by atoms with Crippen molar-refractivity contribution >= 4 is 60.5 Å². The van der Waals surface area contributed by atoms with Crippen molar-refractivity contribution in [1.82, 2.24) is 0 Å². The van der Waals surface area contributed by atoms with Gasteiger partial charge in [-0.25, -0.2) is 0 Å². The molecule has 0 radical (unpaired) electrons. The molecule has 1 aromatic heterocycles. The lowest BCUT2D eigenvalue weighted by atomic mass is 9.67. The molecule has 14 aromatic rings. The van der Waals surface area contributed by atoms with Crippen LogP contribution in [0, 0.1) is 0 Å². The molecule has 0 saturated carbocycles. The first-order valence-electron chi connectivity index (χ1n) is 26.6. The third-order valence-electron chi connectivity index (χ3n) is 16.1. The number of nitrogens with zero attached hydrogens (tertiary/aromatic N) is 1. The molecule has 13 aromatic carbocycles. The van der Waals surface area contributed by atoms with Crippen LogP contribution in [-0.4, -0.2) is 0 Å². The van der Waals surface area contributed by atoms with E-state index in [1.807, 2.05) is 0 Å². The van der Waals surface area contributed by atoms with Crippen molar-refractivity contribution in [2.24, 2.45) is 0 Å². The van der Waals surface area contributed by atoms with Crippen molar-refractivity contribution in [1.29, 1.82) is 0 Å². The van der Waals surface area contributed by atoms with E-state index in [2.05, 4.69) is 302 Å². The molecule has 77 heavy (non-hydrogen) atoms. The van der Waals surface area contributed by atoms with E-state index in [1.54, 1.807) is 0 Å². The van der Waals surface area contributed by atoms with Crippen LogP contribution in [0.4, 0.5) is 17.1 Å². The fourth-order valence-electron chi connectivity index (χ4n) is 12.8. The SMILES string of the molecule is c1ccc(N(c2cccc(-c3cccc(-c4cccc5oc6ccc(-c7cccc8ccccc78)cc6c45)c3)c2)c2cccc(C3(c4ccccc4)c4ccccc4-c4c(-c5cccc6ccccc56)cccc43)c2)cc1. The Morgan fingerprint density at radius 1 is 0.273 bits per heavy atom. The van der Waals surface area contributed by atoms with Gasteiger partial charge in [0.25, 0.3) is 0 Å². The van der Waals surface area contributed by atoms with Crippen LogP contribution in [0.2, 0.25) is 0 Å². The molecular formula is C75H49NO. The highest BCUT2D eigenvalue weighted by molar-refractivity contribution is 6.14. The fraction of sp³-hybridized carbons (Fsp3) is 0.0133. The van der Waals surface area contributed by atoms with Crippen LogP contribution in [0.5, 0.6) is 0 Å². The summed E-state index contributed by atoms with van der Waals surface area (Å²) in [6, 6.07) is 109. The smallest absolute Gasteiger partial charge is 0.136 e. The predicted octanol–water partition coefficient (Wildman–Crippen LogP) is 20.4. The molecule has 1 heterocycles. The van der Waals surface area contributed by atoms with Crippen molar-refractivity contribution in [3.63, 3.8) is 0 Å². The van der Waals surface area contributed by atoms with Gasteiger partial charge in [0.05, 0.1) is 5.41 Å². The van der Waals surface area contributed by atoms with Gasteiger partial charge in [-0.15, -0.1) is 0 Å². The summed E-state index contributed by atoms with van der Waals surface area (Å²) in [4.78, 5) is 2.41. The normalized spacial score (nSPS) is 13.8. The molecule has 15 rings (SSSR count). The van der Waals surface area contributed by atoms with E-state index in [0.29, 0.717) is 0 Å². The second-order valence-electron chi connectivity index (χ2n) is 20.3. The van der Waals surface area contributed by atoms with Gasteiger partial charge < -0.3 is 9.32 Å². The topological polar surface area (TPSA) is 16.4 Å². The van der Waals surface area contributed by atoms with Crippen LogP contribution in [0.15, 0.2) is 302 Å². The summed E-state index contributed by atoms with van der Waals surface area (Å²) in [6.07, 6.45) is 0. The minimum absolute atomic E-state index is 0.616. The summed E-state index contributed by atoms with van der Waals surface area (Å²) in [5.74, 6) is 0. The van der Waals surface area contributed by atoms with Crippen LogP contribution in [0.1, 0.15) is 22.3 Å². The largest absolute Gasteiger partial charge is 0.456 e. The molecule has 0 N–H and O–H groups in total. The third kappa shape index (κ3) is 7.18. The lowest BCUT2D eigenvalue weighted by molar-refractivity contribution is 0.669. The Bertz CT molecular complexity index is 4580. The van der Waals surface area contributed by atoms with Crippen LogP contribution in [-0.2, 0) is 5.41 Å². The Hall–Kier alpha value is -10.0. The Kier molecular flexibility index (Phi) is 10.5. The van der Waals surface area contributed by atoms with Crippen LogP contribution in [0.3, 0.4) is 0 Å².